The third kappa shape index (κ3) is 5.60. The molecule has 0 saturated carbocycles. The lowest BCUT2D eigenvalue weighted by molar-refractivity contribution is -0.120. The highest BCUT2D eigenvalue weighted by Gasteiger charge is 2.16. The van der Waals surface area contributed by atoms with E-state index in [0.29, 0.717) is 37.7 Å². The number of hydrogen-bond donors (Lipinski definition) is 2. The molecule has 1 aromatic heterocycles. The van der Waals surface area contributed by atoms with Gasteiger partial charge in [0.2, 0.25) is 11.8 Å². The first kappa shape index (κ1) is 20.4. The normalized spacial score (nSPS) is 13.4. The summed E-state index contributed by atoms with van der Waals surface area (Å²) < 4.78 is 5.70. The van der Waals surface area contributed by atoms with Crippen molar-refractivity contribution in [3.63, 3.8) is 0 Å². The number of ether oxygens (including phenoxy) is 1. The lowest BCUT2D eigenvalue weighted by Crippen LogP contribution is -2.47. The monoisotopic (exact) mass is 416 g/mol. The zero-order valence-electron chi connectivity index (χ0n) is 17.1. The highest BCUT2D eigenvalue weighted by atomic mass is 16.5. The lowest BCUT2D eigenvalue weighted by Gasteiger charge is -2.28. The molecule has 7 heteroatoms. The molecule has 0 spiro atoms. The van der Waals surface area contributed by atoms with Gasteiger partial charge in [0.25, 0.3) is 5.91 Å². The van der Waals surface area contributed by atoms with Crippen molar-refractivity contribution in [3.8, 4) is 5.88 Å². The Kier molecular flexibility index (Phi) is 6.42. The van der Waals surface area contributed by atoms with E-state index >= 15 is 0 Å². The van der Waals surface area contributed by atoms with E-state index in [2.05, 4.69) is 15.6 Å². The molecule has 0 atom stereocenters. The van der Waals surface area contributed by atoms with Crippen molar-refractivity contribution in [2.24, 2.45) is 0 Å². The van der Waals surface area contributed by atoms with Crippen LogP contribution in [0.15, 0.2) is 72.9 Å². The fourth-order valence-electron chi connectivity index (χ4n) is 3.33. The number of piperazine rings is 1. The number of rotatable bonds is 7. The fraction of sp³-hybridized carbons (Fsp3) is 0.208. The molecule has 1 aliphatic rings. The molecule has 1 saturated heterocycles. The molecule has 0 radical (unpaired) electrons. The predicted molar refractivity (Wildman–Crippen MR) is 118 cm³/mol. The molecule has 1 aliphatic heterocycles. The molecular weight excluding hydrogens is 392 g/mol. The second-order valence-corrected chi connectivity index (χ2v) is 7.28. The van der Waals surface area contributed by atoms with Crippen molar-refractivity contribution in [1.29, 1.82) is 0 Å². The summed E-state index contributed by atoms with van der Waals surface area (Å²) in [5.74, 6) is 0.252. The molecule has 2 heterocycles. The van der Waals surface area contributed by atoms with Crippen molar-refractivity contribution in [2.45, 2.75) is 13.2 Å². The molecule has 2 N–H and O–H groups in total. The maximum absolute atomic E-state index is 12.5. The van der Waals surface area contributed by atoms with Crippen LogP contribution in [0.5, 0.6) is 5.88 Å². The summed E-state index contributed by atoms with van der Waals surface area (Å²) in [6.45, 7) is 2.61. The molecule has 1 fully saturated rings. The van der Waals surface area contributed by atoms with E-state index in [9.17, 15) is 9.59 Å². The van der Waals surface area contributed by atoms with Gasteiger partial charge in [0.05, 0.1) is 6.54 Å². The second-order valence-electron chi connectivity index (χ2n) is 7.28. The van der Waals surface area contributed by atoms with Gasteiger partial charge >= 0.3 is 0 Å². The Morgan fingerprint density at radius 1 is 1.06 bits per heavy atom. The summed E-state index contributed by atoms with van der Waals surface area (Å²) in [5.41, 5.74) is 3.51. The summed E-state index contributed by atoms with van der Waals surface area (Å²) in [5, 5.41) is 5.74. The summed E-state index contributed by atoms with van der Waals surface area (Å²) in [6, 6.07) is 21.0. The maximum Gasteiger partial charge on any atom is 0.251 e. The van der Waals surface area contributed by atoms with Gasteiger partial charge in [-0.1, -0.05) is 42.5 Å². The van der Waals surface area contributed by atoms with Crippen LogP contribution in [0, 0.1) is 0 Å². The van der Waals surface area contributed by atoms with Gasteiger partial charge in [-0.15, -0.1) is 0 Å². The molecule has 7 nitrogen and oxygen atoms in total. The molecule has 2 amide bonds. The second kappa shape index (κ2) is 9.75. The number of carbonyl (C=O) groups is 2. The van der Waals surface area contributed by atoms with Crippen LogP contribution in [-0.4, -0.2) is 36.4 Å². The predicted octanol–water partition coefficient (Wildman–Crippen LogP) is 2.53. The number of amides is 2. The zero-order chi connectivity index (χ0) is 21.5. The largest absolute Gasteiger partial charge is 0.473 e. The molecule has 158 valence electrons. The Labute approximate surface area is 181 Å². The van der Waals surface area contributed by atoms with Gasteiger partial charge in [-0.05, 0) is 29.3 Å². The highest BCUT2D eigenvalue weighted by molar-refractivity contribution is 5.94. The summed E-state index contributed by atoms with van der Waals surface area (Å²) in [6.07, 6.45) is 1.57. The van der Waals surface area contributed by atoms with Crippen LogP contribution < -0.4 is 20.3 Å². The summed E-state index contributed by atoms with van der Waals surface area (Å²) in [7, 11) is 0. The molecule has 0 unspecified atom stereocenters. The first-order chi connectivity index (χ1) is 15.2. The van der Waals surface area contributed by atoms with Gasteiger partial charge in [-0.2, -0.15) is 0 Å². The van der Waals surface area contributed by atoms with E-state index in [1.165, 1.54) is 0 Å². The van der Waals surface area contributed by atoms with Crippen LogP contribution in [0.2, 0.25) is 0 Å². The van der Waals surface area contributed by atoms with Crippen molar-refractivity contribution >= 4 is 17.5 Å². The minimum Gasteiger partial charge on any atom is -0.473 e. The van der Waals surface area contributed by atoms with E-state index in [-0.39, 0.29) is 11.8 Å². The molecular formula is C24H24N4O3. The van der Waals surface area contributed by atoms with Crippen LogP contribution in [0.25, 0.3) is 0 Å². The smallest absolute Gasteiger partial charge is 0.251 e. The van der Waals surface area contributed by atoms with E-state index in [4.69, 9.17) is 4.74 Å². The Bertz CT molecular complexity index is 1040. The van der Waals surface area contributed by atoms with Crippen LogP contribution in [0.4, 0.5) is 5.69 Å². The Hall–Kier alpha value is -3.87. The fourth-order valence-corrected chi connectivity index (χ4v) is 3.33. The summed E-state index contributed by atoms with van der Waals surface area (Å²) >= 11 is 0. The van der Waals surface area contributed by atoms with Gasteiger partial charge in [0.15, 0.2) is 0 Å². The number of benzene rings is 2. The van der Waals surface area contributed by atoms with Crippen molar-refractivity contribution in [3.05, 3.63) is 89.6 Å². The Balaban J connectivity index is 1.30. The molecule has 0 aliphatic carbocycles. The zero-order valence-corrected chi connectivity index (χ0v) is 17.1. The van der Waals surface area contributed by atoms with E-state index in [1.807, 2.05) is 59.5 Å². The number of aromatic nitrogens is 1. The number of anilines is 1. The quantitative estimate of drug-likeness (QED) is 0.618. The van der Waals surface area contributed by atoms with E-state index < -0.39 is 0 Å². The van der Waals surface area contributed by atoms with Gasteiger partial charge < -0.3 is 20.3 Å². The van der Waals surface area contributed by atoms with Crippen LogP contribution in [0.1, 0.15) is 21.5 Å². The van der Waals surface area contributed by atoms with Gasteiger partial charge in [0.1, 0.15) is 6.61 Å². The van der Waals surface area contributed by atoms with Crippen molar-refractivity contribution < 1.29 is 14.3 Å². The number of carbonyl (C=O) groups excluding carboxylic acids is 2. The summed E-state index contributed by atoms with van der Waals surface area (Å²) in [4.78, 5) is 30.3. The van der Waals surface area contributed by atoms with Crippen LogP contribution >= 0.6 is 0 Å². The molecule has 31 heavy (non-hydrogen) atoms. The molecule has 0 bridgehead atoms. The highest BCUT2D eigenvalue weighted by Crippen LogP contribution is 2.16. The SMILES string of the molecule is O=C1CN(c2ccc(CNC(=O)c3ccnc(OCc4ccccc4)c3)cc2)CCN1. The molecule has 4 rings (SSSR count). The first-order valence-corrected chi connectivity index (χ1v) is 10.2. The number of pyridine rings is 1. The minimum absolute atomic E-state index is 0.0343. The average Bonchev–Trinajstić information content (AvgIpc) is 2.82. The number of hydrogen-bond acceptors (Lipinski definition) is 5. The van der Waals surface area contributed by atoms with Crippen molar-refractivity contribution in [1.82, 2.24) is 15.6 Å². The number of nitrogens with zero attached hydrogens (tertiary/aromatic N) is 2. The molecule has 3 aromatic rings. The topological polar surface area (TPSA) is 83.6 Å². The maximum atomic E-state index is 12.5. The van der Waals surface area contributed by atoms with Crippen molar-refractivity contribution in [2.75, 3.05) is 24.5 Å². The minimum atomic E-state index is -0.191. The Morgan fingerprint density at radius 2 is 1.87 bits per heavy atom. The molecule has 2 aromatic carbocycles. The standard InChI is InChI=1S/C24H24N4O3/c29-22-16-28(13-12-25-22)21-8-6-18(7-9-21)15-27-24(30)20-10-11-26-23(14-20)31-17-19-4-2-1-3-5-19/h1-11,14H,12-13,15-17H2,(H,25,29)(H,27,30). The number of nitrogens with one attached hydrogen (secondary N) is 2. The lowest BCUT2D eigenvalue weighted by atomic mass is 10.1. The van der Waals surface area contributed by atoms with Crippen LogP contribution in [-0.2, 0) is 17.9 Å². The van der Waals surface area contributed by atoms with E-state index in [0.717, 1.165) is 23.4 Å². The van der Waals surface area contributed by atoms with E-state index in [1.54, 1.807) is 18.3 Å². The van der Waals surface area contributed by atoms with Gasteiger partial charge in [-0.3, -0.25) is 9.59 Å². The third-order valence-electron chi connectivity index (χ3n) is 5.02. The van der Waals surface area contributed by atoms with Gasteiger partial charge in [0, 0.05) is 43.1 Å². The first-order valence-electron chi connectivity index (χ1n) is 10.2. The average molecular weight is 416 g/mol. The van der Waals surface area contributed by atoms with Gasteiger partial charge in [-0.25, -0.2) is 4.98 Å². The van der Waals surface area contributed by atoms with Crippen LogP contribution in [0.3, 0.4) is 0 Å². The Morgan fingerprint density at radius 3 is 2.65 bits per heavy atom. The third-order valence-corrected chi connectivity index (χ3v) is 5.02.